The van der Waals surface area contributed by atoms with Gasteiger partial charge in [0.2, 0.25) is 0 Å². The third-order valence-corrected chi connectivity index (χ3v) is 3.83. The first-order chi connectivity index (χ1) is 10.5. The van der Waals surface area contributed by atoms with Gasteiger partial charge in [-0.25, -0.2) is 4.79 Å². The van der Waals surface area contributed by atoms with E-state index >= 15 is 0 Å². The van der Waals surface area contributed by atoms with Gasteiger partial charge in [-0.05, 0) is 18.9 Å². The largest absolute Gasteiger partial charge is 0.467 e. The quantitative estimate of drug-likeness (QED) is 0.844. The summed E-state index contributed by atoms with van der Waals surface area (Å²) in [5.74, 6) is -0.893. The van der Waals surface area contributed by atoms with E-state index in [-0.39, 0.29) is 11.8 Å². The minimum absolute atomic E-state index is 0.270. The van der Waals surface area contributed by atoms with E-state index in [9.17, 15) is 9.59 Å². The zero-order valence-electron chi connectivity index (χ0n) is 13.0. The Bertz CT molecular complexity index is 585. The first kappa shape index (κ1) is 16.0. The molecule has 1 amide bonds. The number of hydrogen-bond donors (Lipinski definition) is 1. The Morgan fingerprint density at radius 3 is 2.68 bits per heavy atom. The molecule has 0 aromatic heterocycles. The van der Waals surface area contributed by atoms with Crippen molar-refractivity contribution in [2.45, 2.75) is 38.3 Å². The van der Waals surface area contributed by atoms with Crippen LogP contribution in [0.4, 0.5) is 0 Å². The van der Waals surface area contributed by atoms with Gasteiger partial charge >= 0.3 is 5.97 Å². The van der Waals surface area contributed by atoms with Crippen molar-refractivity contribution in [3.63, 3.8) is 0 Å². The Morgan fingerprint density at radius 1 is 1.41 bits per heavy atom. The van der Waals surface area contributed by atoms with Crippen LogP contribution in [0.2, 0.25) is 0 Å². The first-order valence-corrected chi connectivity index (χ1v) is 7.18. The molecular weight excluding hydrogens is 284 g/mol. The van der Waals surface area contributed by atoms with Crippen molar-refractivity contribution < 1.29 is 19.2 Å². The summed E-state index contributed by atoms with van der Waals surface area (Å²) in [7, 11) is 1.30. The fourth-order valence-electron chi connectivity index (χ4n) is 2.19. The van der Waals surface area contributed by atoms with E-state index in [4.69, 9.17) is 9.57 Å². The molecule has 1 aliphatic heterocycles. The third kappa shape index (κ3) is 3.27. The molecule has 1 aliphatic rings. The van der Waals surface area contributed by atoms with Crippen LogP contribution < -0.4 is 5.32 Å². The highest BCUT2D eigenvalue weighted by Crippen LogP contribution is 2.27. The molecule has 0 radical (unpaired) electrons. The van der Waals surface area contributed by atoms with Gasteiger partial charge in [0.05, 0.1) is 7.11 Å². The Labute approximate surface area is 129 Å². The Hall–Kier alpha value is -2.37. The lowest BCUT2D eigenvalue weighted by Gasteiger charge is -2.26. The molecule has 0 unspecified atom stereocenters. The summed E-state index contributed by atoms with van der Waals surface area (Å²) in [6.45, 7) is 3.43. The van der Waals surface area contributed by atoms with Crippen LogP contribution in [0.15, 0.2) is 35.5 Å². The van der Waals surface area contributed by atoms with E-state index in [0.29, 0.717) is 12.8 Å². The van der Waals surface area contributed by atoms with E-state index in [0.717, 1.165) is 5.56 Å². The van der Waals surface area contributed by atoms with Gasteiger partial charge in [0.25, 0.3) is 5.91 Å². The standard InChI is InChI=1S/C16H20N2O4/c1-4-16(2,15(20)21-3)17-14(19)12-10-13(22-18-12)11-8-6-5-7-9-11/h5-9,13H,4,10H2,1-3H3,(H,17,19)/t13-,16-/m1/s1. The van der Waals surface area contributed by atoms with Crippen molar-refractivity contribution in [3.05, 3.63) is 35.9 Å². The number of hydrogen-bond acceptors (Lipinski definition) is 5. The summed E-state index contributed by atoms with van der Waals surface area (Å²) in [6, 6.07) is 9.57. The van der Waals surface area contributed by atoms with Gasteiger partial charge in [-0.15, -0.1) is 0 Å². The van der Waals surface area contributed by atoms with Gasteiger partial charge in [0, 0.05) is 6.42 Å². The van der Waals surface area contributed by atoms with E-state index in [1.807, 2.05) is 30.3 Å². The number of benzene rings is 1. The fraction of sp³-hybridized carbons (Fsp3) is 0.438. The molecule has 6 heteroatoms. The lowest BCUT2D eigenvalue weighted by molar-refractivity contribution is -0.149. The second kappa shape index (κ2) is 6.60. The van der Waals surface area contributed by atoms with E-state index in [2.05, 4.69) is 10.5 Å². The molecule has 0 saturated carbocycles. The average Bonchev–Trinajstić information content (AvgIpc) is 3.04. The van der Waals surface area contributed by atoms with Crippen LogP contribution in [0.5, 0.6) is 0 Å². The Kier molecular flexibility index (Phi) is 4.80. The van der Waals surface area contributed by atoms with Crippen molar-refractivity contribution in [1.82, 2.24) is 5.32 Å². The van der Waals surface area contributed by atoms with Crippen LogP contribution in [0.1, 0.15) is 38.4 Å². The van der Waals surface area contributed by atoms with Gasteiger partial charge < -0.3 is 14.9 Å². The predicted octanol–water partition coefficient (Wildman–Crippen LogP) is 1.96. The van der Waals surface area contributed by atoms with Crippen LogP contribution in [-0.2, 0) is 19.2 Å². The molecule has 6 nitrogen and oxygen atoms in total. The van der Waals surface area contributed by atoms with Gasteiger partial charge in [-0.2, -0.15) is 0 Å². The van der Waals surface area contributed by atoms with Crippen molar-refractivity contribution in [1.29, 1.82) is 0 Å². The minimum Gasteiger partial charge on any atom is -0.467 e. The molecule has 1 heterocycles. The highest BCUT2D eigenvalue weighted by molar-refractivity contribution is 6.39. The summed E-state index contributed by atoms with van der Waals surface area (Å²) in [5, 5.41) is 6.53. The highest BCUT2D eigenvalue weighted by atomic mass is 16.6. The third-order valence-electron chi connectivity index (χ3n) is 3.83. The smallest absolute Gasteiger partial charge is 0.331 e. The zero-order valence-corrected chi connectivity index (χ0v) is 13.0. The Morgan fingerprint density at radius 2 is 2.09 bits per heavy atom. The number of methoxy groups -OCH3 is 1. The summed E-state index contributed by atoms with van der Waals surface area (Å²) < 4.78 is 4.74. The van der Waals surface area contributed by atoms with Crippen molar-refractivity contribution >= 4 is 17.6 Å². The van der Waals surface area contributed by atoms with Crippen LogP contribution in [0.25, 0.3) is 0 Å². The van der Waals surface area contributed by atoms with Gasteiger partial charge in [-0.3, -0.25) is 4.79 Å². The molecule has 22 heavy (non-hydrogen) atoms. The normalized spacial score (nSPS) is 19.6. The molecule has 0 fully saturated rings. The average molecular weight is 304 g/mol. The van der Waals surface area contributed by atoms with Crippen LogP contribution in [0.3, 0.4) is 0 Å². The number of nitrogens with zero attached hydrogens (tertiary/aromatic N) is 1. The maximum Gasteiger partial charge on any atom is 0.331 e. The number of amides is 1. The first-order valence-electron chi connectivity index (χ1n) is 7.18. The lowest BCUT2D eigenvalue weighted by atomic mass is 9.98. The van der Waals surface area contributed by atoms with Crippen molar-refractivity contribution in [3.8, 4) is 0 Å². The summed E-state index contributed by atoms with van der Waals surface area (Å²) in [5.41, 5.74) is 0.164. The number of oxime groups is 1. The molecule has 2 atom stereocenters. The molecular formula is C16H20N2O4. The maximum atomic E-state index is 12.3. The molecule has 118 valence electrons. The summed E-state index contributed by atoms with van der Waals surface area (Å²) in [6.07, 6.45) is 0.520. The van der Waals surface area contributed by atoms with Gasteiger partial charge in [0.1, 0.15) is 11.3 Å². The van der Waals surface area contributed by atoms with E-state index < -0.39 is 17.4 Å². The SMILES string of the molecule is CC[C@@](C)(NC(=O)C1=NO[C@@H](c2ccccc2)C1)C(=O)OC. The highest BCUT2D eigenvalue weighted by Gasteiger charge is 2.37. The molecule has 0 bridgehead atoms. The monoisotopic (exact) mass is 304 g/mol. The number of carbonyl (C=O) groups excluding carboxylic acids is 2. The molecule has 0 aliphatic carbocycles. The van der Waals surface area contributed by atoms with E-state index in [1.54, 1.807) is 13.8 Å². The lowest BCUT2D eigenvalue weighted by Crippen LogP contribution is -2.54. The molecule has 0 saturated heterocycles. The number of esters is 1. The van der Waals surface area contributed by atoms with Crippen LogP contribution in [0, 0.1) is 0 Å². The number of ether oxygens (including phenoxy) is 1. The van der Waals surface area contributed by atoms with Crippen LogP contribution >= 0.6 is 0 Å². The predicted molar refractivity (Wildman–Crippen MR) is 81.2 cm³/mol. The Balaban J connectivity index is 2.01. The molecule has 1 aromatic rings. The maximum absolute atomic E-state index is 12.3. The molecule has 1 N–H and O–H groups in total. The number of carbonyl (C=O) groups is 2. The second-order valence-corrected chi connectivity index (χ2v) is 5.38. The minimum atomic E-state index is -1.07. The zero-order chi connectivity index (χ0) is 16.2. The van der Waals surface area contributed by atoms with Gasteiger partial charge in [0.15, 0.2) is 6.10 Å². The van der Waals surface area contributed by atoms with Crippen molar-refractivity contribution in [2.75, 3.05) is 7.11 Å². The van der Waals surface area contributed by atoms with Crippen LogP contribution in [-0.4, -0.2) is 30.2 Å². The molecule has 2 rings (SSSR count). The van der Waals surface area contributed by atoms with E-state index in [1.165, 1.54) is 7.11 Å². The number of nitrogens with one attached hydrogen (secondary N) is 1. The second-order valence-electron chi connectivity index (χ2n) is 5.38. The fourth-order valence-corrected chi connectivity index (χ4v) is 2.19. The van der Waals surface area contributed by atoms with Crippen molar-refractivity contribution in [2.24, 2.45) is 5.16 Å². The summed E-state index contributed by atoms with van der Waals surface area (Å²) in [4.78, 5) is 29.4. The summed E-state index contributed by atoms with van der Waals surface area (Å²) >= 11 is 0. The topological polar surface area (TPSA) is 77.0 Å². The molecule has 0 spiro atoms. The number of rotatable bonds is 5. The molecule has 1 aromatic carbocycles. The van der Waals surface area contributed by atoms with Gasteiger partial charge in [-0.1, -0.05) is 42.4 Å².